The second kappa shape index (κ2) is 9.01. The Kier molecular flexibility index (Phi) is 5.81. The number of nitrogens with zero attached hydrogens (tertiary/aromatic N) is 4. The van der Waals surface area contributed by atoms with Gasteiger partial charge in [-0.2, -0.15) is 10.4 Å². The number of nitro benzene ring substituents is 1. The summed E-state index contributed by atoms with van der Waals surface area (Å²) in [6.07, 6.45) is 4.60. The van der Waals surface area contributed by atoms with Crippen LogP contribution in [0, 0.1) is 21.4 Å². The molecular weight excluding hydrogens is 414 g/mol. The highest BCUT2D eigenvalue weighted by molar-refractivity contribution is 6.10. The van der Waals surface area contributed by atoms with Gasteiger partial charge in [0.05, 0.1) is 23.7 Å². The Bertz CT molecular complexity index is 1240. The van der Waals surface area contributed by atoms with Gasteiger partial charge in [0.2, 0.25) is 0 Å². The zero-order chi connectivity index (χ0) is 22.5. The third kappa shape index (κ3) is 4.57. The quantitative estimate of drug-likeness (QED) is 0.274. The van der Waals surface area contributed by atoms with Gasteiger partial charge in [-0.05, 0) is 11.6 Å². The van der Waals surface area contributed by atoms with E-state index in [0.29, 0.717) is 12.1 Å². The molecule has 1 aromatic heterocycles. The highest BCUT2D eigenvalue weighted by Gasteiger charge is 2.24. The molecule has 1 N–H and O–H groups in total. The number of carbonyl (C=O) groups excluding carboxylic acids is 1. The van der Waals surface area contributed by atoms with Crippen LogP contribution in [0.4, 0.5) is 11.4 Å². The van der Waals surface area contributed by atoms with Crippen molar-refractivity contribution in [3.05, 3.63) is 81.7 Å². The molecule has 160 valence electrons. The second-order valence-electron chi connectivity index (χ2n) is 6.85. The molecule has 0 atom stereocenters. The number of carbonyl (C=O) groups is 1. The predicted molar refractivity (Wildman–Crippen MR) is 114 cm³/mol. The van der Waals surface area contributed by atoms with Crippen LogP contribution in [-0.4, -0.2) is 33.8 Å². The Hall–Kier alpha value is -4.65. The van der Waals surface area contributed by atoms with Crippen LogP contribution >= 0.6 is 0 Å². The van der Waals surface area contributed by atoms with Gasteiger partial charge in [0.15, 0.2) is 11.5 Å². The smallest absolute Gasteiger partial charge is 0.296 e. The molecule has 3 aromatic rings. The van der Waals surface area contributed by atoms with Crippen molar-refractivity contribution in [2.45, 2.75) is 6.54 Å². The van der Waals surface area contributed by atoms with E-state index in [1.165, 1.54) is 24.4 Å². The minimum Gasteiger partial charge on any atom is -0.486 e. The van der Waals surface area contributed by atoms with Gasteiger partial charge in [0.25, 0.3) is 11.6 Å². The highest BCUT2D eigenvalue weighted by atomic mass is 16.6. The van der Waals surface area contributed by atoms with Crippen LogP contribution in [-0.2, 0) is 11.3 Å². The average Bonchev–Trinajstić information content (AvgIpc) is 3.24. The summed E-state index contributed by atoms with van der Waals surface area (Å²) in [5.74, 6) is -0.284. The molecule has 10 heteroatoms. The molecule has 4 rings (SSSR count). The molecule has 2 heterocycles. The standard InChI is InChI=1S/C22H17N5O5/c23-11-17(8-16-12-24-26(14-16)13-15-4-2-1-3-5-15)22(28)25-18-9-20-21(32-7-6-31-20)10-19(18)27(29)30/h1-5,8-10,12,14H,6-7,13H2,(H,25,28)/b17-8+. The molecular formula is C22H17N5O5. The van der Waals surface area contributed by atoms with Crippen LogP contribution in [0.2, 0.25) is 0 Å². The van der Waals surface area contributed by atoms with Crippen LogP contribution in [0.3, 0.4) is 0 Å². The summed E-state index contributed by atoms with van der Waals surface area (Å²) in [6, 6.07) is 14.0. The molecule has 1 amide bonds. The fourth-order valence-corrected chi connectivity index (χ4v) is 3.15. The number of aromatic nitrogens is 2. The van der Waals surface area contributed by atoms with Crippen molar-refractivity contribution in [1.29, 1.82) is 5.26 Å². The van der Waals surface area contributed by atoms with Crippen LogP contribution in [0.5, 0.6) is 11.5 Å². The summed E-state index contributed by atoms with van der Waals surface area (Å²) >= 11 is 0. The number of hydrogen-bond acceptors (Lipinski definition) is 7. The van der Waals surface area contributed by atoms with Crippen molar-refractivity contribution < 1.29 is 19.2 Å². The van der Waals surface area contributed by atoms with E-state index in [9.17, 15) is 20.2 Å². The van der Waals surface area contributed by atoms with Crippen LogP contribution < -0.4 is 14.8 Å². The lowest BCUT2D eigenvalue weighted by molar-refractivity contribution is -0.384. The lowest BCUT2D eigenvalue weighted by atomic mass is 10.1. The Morgan fingerprint density at radius 3 is 2.66 bits per heavy atom. The summed E-state index contributed by atoms with van der Waals surface area (Å²) in [5, 5.41) is 27.6. The number of amides is 1. The monoisotopic (exact) mass is 431 g/mol. The summed E-state index contributed by atoms with van der Waals surface area (Å²) in [6.45, 7) is 1.09. The molecule has 32 heavy (non-hydrogen) atoms. The number of hydrogen-bond donors (Lipinski definition) is 1. The van der Waals surface area contributed by atoms with Gasteiger partial charge >= 0.3 is 0 Å². The zero-order valence-corrected chi connectivity index (χ0v) is 16.7. The maximum atomic E-state index is 12.7. The number of anilines is 1. The molecule has 0 saturated heterocycles. The van der Waals surface area contributed by atoms with Crippen molar-refractivity contribution in [2.24, 2.45) is 0 Å². The summed E-state index contributed by atoms with van der Waals surface area (Å²) in [4.78, 5) is 23.5. The number of rotatable bonds is 6. The van der Waals surface area contributed by atoms with Crippen molar-refractivity contribution in [2.75, 3.05) is 18.5 Å². The van der Waals surface area contributed by atoms with Crippen LogP contribution in [0.15, 0.2) is 60.4 Å². The number of ether oxygens (including phenoxy) is 2. The van der Waals surface area contributed by atoms with Gasteiger partial charge in [-0.1, -0.05) is 30.3 Å². The maximum absolute atomic E-state index is 12.7. The van der Waals surface area contributed by atoms with Crippen molar-refractivity contribution in [1.82, 2.24) is 9.78 Å². The first-order valence-electron chi connectivity index (χ1n) is 9.61. The van der Waals surface area contributed by atoms with Crippen LogP contribution in [0.1, 0.15) is 11.1 Å². The van der Waals surface area contributed by atoms with Gasteiger partial charge in [-0.3, -0.25) is 19.6 Å². The Balaban J connectivity index is 1.54. The summed E-state index contributed by atoms with van der Waals surface area (Å²) in [7, 11) is 0. The molecule has 0 bridgehead atoms. The van der Waals surface area contributed by atoms with Gasteiger partial charge < -0.3 is 14.8 Å². The van der Waals surface area contributed by atoms with E-state index in [0.717, 1.165) is 5.56 Å². The van der Waals surface area contributed by atoms with E-state index in [2.05, 4.69) is 10.4 Å². The zero-order valence-electron chi connectivity index (χ0n) is 16.7. The topological polar surface area (TPSA) is 132 Å². The predicted octanol–water partition coefficient (Wildman–Crippen LogP) is 3.16. The van der Waals surface area contributed by atoms with E-state index in [-0.39, 0.29) is 41.7 Å². The first-order chi connectivity index (χ1) is 15.5. The lowest BCUT2D eigenvalue weighted by Crippen LogP contribution is -2.18. The molecule has 0 saturated carbocycles. The molecule has 1 aliphatic heterocycles. The number of nitrogens with one attached hydrogen (secondary N) is 1. The Morgan fingerprint density at radius 2 is 1.97 bits per heavy atom. The van der Waals surface area contributed by atoms with Crippen molar-refractivity contribution >= 4 is 23.4 Å². The molecule has 0 fully saturated rings. The van der Waals surface area contributed by atoms with E-state index < -0.39 is 10.8 Å². The first kappa shape index (κ1) is 20.6. The van der Waals surface area contributed by atoms with Gasteiger partial charge in [-0.25, -0.2) is 0 Å². The minimum atomic E-state index is -0.789. The van der Waals surface area contributed by atoms with Crippen molar-refractivity contribution in [3.8, 4) is 17.6 Å². The Morgan fingerprint density at radius 1 is 1.25 bits per heavy atom. The molecule has 1 aliphatic rings. The molecule has 0 radical (unpaired) electrons. The minimum absolute atomic E-state index is 0.0924. The molecule has 0 aliphatic carbocycles. The van der Waals surface area contributed by atoms with Gasteiger partial charge in [0, 0.05) is 17.8 Å². The normalized spacial score (nSPS) is 12.7. The van der Waals surface area contributed by atoms with Gasteiger partial charge in [0.1, 0.15) is 30.5 Å². The maximum Gasteiger partial charge on any atom is 0.296 e. The van der Waals surface area contributed by atoms with E-state index >= 15 is 0 Å². The van der Waals surface area contributed by atoms with Crippen molar-refractivity contribution in [3.63, 3.8) is 0 Å². The number of benzene rings is 2. The molecule has 0 unspecified atom stereocenters. The fraction of sp³-hybridized carbons (Fsp3) is 0.136. The SMILES string of the molecule is N#C/C(=C\c1cnn(Cc2ccccc2)c1)C(=O)Nc1cc2c(cc1[N+](=O)[O-])OCCO2. The first-order valence-corrected chi connectivity index (χ1v) is 9.61. The molecule has 2 aromatic carbocycles. The average molecular weight is 431 g/mol. The number of fused-ring (bicyclic) bond motifs is 1. The van der Waals surface area contributed by atoms with Gasteiger partial charge in [-0.15, -0.1) is 0 Å². The number of nitriles is 1. The third-order valence-electron chi connectivity index (χ3n) is 4.62. The van der Waals surface area contributed by atoms with E-state index in [4.69, 9.17) is 9.47 Å². The Labute approximate surface area is 182 Å². The van der Waals surface area contributed by atoms with E-state index in [1.54, 1.807) is 10.9 Å². The summed E-state index contributed by atoms with van der Waals surface area (Å²) < 4.78 is 12.5. The number of nitro groups is 1. The highest BCUT2D eigenvalue weighted by Crippen LogP contribution is 2.39. The molecule has 10 nitrogen and oxygen atoms in total. The van der Waals surface area contributed by atoms with Crippen LogP contribution in [0.25, 0.3) is 6.08 Å². The second-order valence-corrected chi connectivity index (χ2v) is 6.85. The molecule has 0 spiro atoms. The third-order valence-corrected chi connectivity index (χ3v) is 4.62. The fourth-order valence-electron chi connectivity index (χ4n) is 3.15. The van der Waals surface area contributed by atoms with E-state index in [1.807, 2.05) is 36.4 Å². The summed E-state index contributed by atoms with van der Waals surface area (Å²) in [5.41, 5.74) is 0.911. The lowest BCUT2D eigenvalue weighted by Gasteiger charge is -2.19. The largest absolute Gasteiger partial charge is 0.486 e.